The molecule has 16 heavy (non-hydrogen) atoms. The van der Waals surface area contributed by atoms with Gasteiger partial charge in [-0.1, -0.05) is 23.8 Å². The number of hydrogen-bond donors (Lipinski definition) is 1. The van der Waals surface area contributed by atoms with Crippen LogP contribution in [0.1, 0.15) is 5.56 Å². The smallest absolute Gasteiger partial charge is 0.161 e. The van der Waals surface area contributed by atoms with E-state index >= 15 is 0 Å². The molecule has 0 bridgehead atoms. The molecule has 0 atom stereocenters. The summed E-state index contributed by atoms with van der Waals surface area (Å²) in [7, 11) is 0. The molecule has 0 saturated carbocycles. The highest BCUT2D eigenvalue weighted by Crippen LogP contribution is 2.17. The molecule has 1 aromatic carbocycles. The molecule has 0 fully saturated rings. The maximum absolute atomic E-state index is 4.42. The molecule has 0 spiro atoms. The van der Waals surface area contributed by atoms with E-state index in [0.29, 0.717) is 0 Å². The van der Waals surface area contributed by atoms with E-state index in [0.717, 1.165) is 22.4 Å². The molecule has 2 heterocycles. The number of nitrogens with zero attached hydrogens (tertiary/aromatic N) is 3. The van der Waals surface area contributed by atoms with Crippen molar-refractivity contribution in [3.8, 4) is 11.4 Å². The van der Waals surface area contributed by atoms with Crippen molar-refractivity contribution in [1.29, 1.82) is 0 Å². The maximum atomic E-state index is 4.42. The number of rotatable bonds is 1. The van der Waals surface area contributed by atoms with Gasteiger partial charge in [0, 0.05) is 11.8 Å². The lowest BCUT2D eigenvalue weighted by molar-refractivity contribution is 1.09. The molecule has 2 aromatic heterocycles. The Morgan fingerprint density at radius 3 is 3.00 bits per heavy atom. The van der Waals surface area contributed by atoms with Crippen LogP contribution in [0.5, 0.6) is 0 Å². The molecule has 0 radical (unpaired) electrons. The second-order valence-electron chi connectivity index (χ2n) is 3.74. The summed E-state index contributed by atoms with van der Waals surface area (Å²) in [5.41, 5.74) is 2.99. The Balaban J connectivity index is 2.18. The fraction of sp³-hybridized carbons (Fsp3) is 0.0833. The molecular formula is C12H10N4. The van der Waals surface area contributed by atoms with Gasteiger partial charge in [0.25, 0.3) is 0 Å². The summed E-state index contributed by atoms with van der Waals surface area (Å²) in [5.74, 6) is 0.723. The van der Waals surface area contributed by atoms with Gasteiger partial charge in [-0.05, 0) is 13.0 Å². The summed E-state index contributed by atoms with van der Waals surface area (Å²) in [4.78, 5) is 8.74. The number of aryl methyl sites for hydroxylation is 1. The van der Waals surface area contributed by atoms with E-state index < -0.39 is 0 Å². The number of aromatic amines is 1. The van der Waals surface area contributed by atoms with Crippen molar-refractivity contribution in [2.75, 3.05) is 0 Å². The summed E-state index contributed by atoms with van der Waals surface area (Å²) in [6.45, 7) is 2.05. The molecule has 0 aliphatic heterocycles. The summed E-state index contributed by atoms with van der Waals surface area (Å²) >= 11 is 0. The summed E-state index contributed by atoms with van der Waals surface area (Å²) in [6, 6.07) is 8.13. The third-order valence-electron chi connectivity index (χ3n) is 2.47. The average Bonchev–Trinajstić information content (AvgIpc) is 2.75. The van der Waals surface area contributed by atoms with Gasteiger partial charge in [-0.2, -0.15) is 5.10 Å². The van der Waals surface area contributed by atoms with Gasteiger partial charge in [0.1, 0.15) is 0 Å². The highest BCUT2D eigenvalue weighted by Gasteiger charge is 2.03. The predicted molar refractivity (Wildman–Crippen MR) is 61.9 cm³/mol. The quantitative estimate of drug-likeness (QED) is 0.670. The highest BCUT2D eigenvalue weighted by molar-refractivity contribution is 5.75. The largest absolute Gasteiger partial charge is 0.261 e. The molecule has 1 N–H and O–H groups in total. The van der Waals surface area contributed by atoms with Crippen molar-refractivity contribution in [3.05, 3.63) is 42.2 Å². The van der Waals surface area contributed by atoms with Gasteiger partial charge in [0.05, 0.1) is 11.6 Å². The van der Waals surface area contributed by atoms with Crippen LogP contribution in [0, 0.1) is 6.92 Å². The van der Waals surface area contributed by atoms with Crippen LogP contribution in [-0.2, 0) is 0 Å². The van der Waals surface area contributed by atoms with E-state index in [1.165, 1.54) is 5.56 Å². The van der Waals surface area contributed by atoms with Crippen molar-refractivity contribution in [1.82, 2.24) is 20.2 Å². The monoisotopic (exact) mass is 210 g/mol. The molecule has 3 aromatic rings. The van der Waals surface area contributed by atoms with Crippen LogP contribution in [0.2, 0.25) is 0 Å². The minimum Gasteiger partial charge on any atom is -0.261 e. The van der Waals surface area contributed by atoms with Crippen LogP contribution in [-0.4, -0.2) is 20.2 Å². The standard InChI is InChI=1S/C12H10N4/c1-8-3-2-4-9(5-8)11-13-6-10-7-14-16-12(10)15-11/h2-7H,1H3,(H,13,14,15,16). The van der Waals surface area contributed by atoms with Crippen LogP contribution in [0.25, 0.3) is 22.4 Å². The summed E-state index contributed by atoms with van der Waals surface area (Å²) < 4.78 is 0. The van der Waals surface area contributed by atoms with Crippen LogP contribution in [0.3, 0.4) is 0 Å². The first-order valence-corrected chi connectivity index (χ1v) is 5.06. The van der Waals surface area contributed by atoms with Crippen LogP contribution < -0.4 is 0 Å². The predicted octanol–water partition coefficient (Wildman–Crippen LogP) is 2.33. The summed E-state index contributed by atoms with van der Waals surface area (Å²) in [5, 5.41) is 7.70. The van der Waals surface area contributed by atoms with Crippen molar-refractivity contribution in [2.24, 2.45) is 0 Å². The second kappa shape index (κ2) is 3.41. The first-order chi connectivity index (χ1) is 7.83. The molecule has 3 rings (SSSR count). The Morgan fingerprint density at radius 2 is 2.12 bits per heavy atom. The van der Waals surface area contributed by atoms with Gasteiger partial charge in [0.2, 0.25) is 0 Å². The molecule has 0 aliphatic rings. The van der Waals surface area contributed by atoms with Crippen molar-refractivity contribution >= 4 is 11.0 Å². The van der Waals surface area contributed by atoms with Gasteiger partial charge in [0.15, 0.2) is 11.5 Å². The van der Waals surface area contributed by atoms with Gasteiger partial charge >= 0.3 is 0 Å². The van der Waals surface area contributed by atoms with Crippen LogP contribution in [0.4, 0.5) is 0 Å². The van der Waals surface area contributed by atoms with E-state index in [1.54, 1.807) is 12.4 Å². The number of benzene rings is 1. The average molecular weight is 210 g/mol. The molecule has 78 valence electrons. The van der Waals surface area contributed by atoms with Gasteiger partial charge in [-0.25, -0.2) is 9.97 Å². The van der Waals surface area contributed by atoms with E-state index in [9.17, 15) is 0 Å². The number of fused-ring (bicyclic) bond motifs is 1. The van der Waals surface area contributed by atoms with Crippen molar-refractivity contribution in [2.45, 2.75) is 6.92 Å². The maximum Gasteiger partial charge on any atom is 0.161 e. The Morgan fingerprint density at radius 1 is 1.19 bits per heavy atom. The summed E-state index contributed by atoms with van der Waals surface area (Å²) in [6.07, 6.45) is 3.50. The molecule has 4 nitrogen and oxygen atoms in total. The molecule has 0 unspecified atom stereocenters. The highest BCUT2D eigenvalue weighted by atomic mass is 15.1. The van der Waals surface area contributed by atoms with Crippen molar-refractivity contribution in [3.63, 3.8) is 0 Å². The zero-order valence-electron chi connectivity index (χ0n) is 8.81. The first-order valence-electron chi connectivity index (χ1n) is 5.06. The third kappa shape index (κ3) is 1.44. The lowest BCUT2D eigenvalue weighted by Crippen LogP contribution is -1.89. The fourth-order valence-corrected chi connectivity index (χ4v) is 1.66. The number of nitrogens with one attached hydrogen (secondary N) is 1. The first kappa shape index (κ1) is 9.03. The number of aromatic nitrogens is 4. The zero-order chi connectivity index (χ0) is 11.0. The SMILES string of the molecule is Cc1cccc(-c2ncc3cn[nH]c3n2)c1. The second-order valence-corrected chi connectivity index (χ2v) is 3.74. The lowest BCUT2D eigenvalue weighted by Gasteiger charge is -2.00. The van der Waals surface area contributed by atoms with Gasteiger partial charge in [-0.3, -0.25) is 5.10 Å². The Kier molecular flexibility index (Phi) is 1.93. The van der Waals surface area contributed by atoms with E-state index in [-0.39, 0.29) is 0 Å². The molecule has 0 saturated heterocycles. The van der Waals surface area contributed by atoms with Gasteiger partial charge < -0.3 is 0 Å². The van der Waals surface area contributed by atoms with E-state index in [2.05, 4.69) is 39.2 Å². The molecular weight excluding hydrogens is 200 g/mol. The van der Waals surface area contributed by atoms with Crippen LogP contribution >= 0.6 is 0 Å². The molecule has 0 amide bonds. The molecule has 4 heteroatoms. The zero-order valence-corrected chi connectivity index (χ0v) is 8.81. The minimum absolute atomic E-state index is 0.723. The normalized spacial score (nSPS) is 10.8. The minimum atomic E-state index is 0.723. The molecule has 0 aliphatic carbocycles. The van der Waals surface area contributed by atoms with Crippen LogP contribution in [0.15, 0.2) is 36.7 Å². The van der Waals surface area contributed by atoms with E-state index in [4.69, 9.17) is 0 Å². The Bertz CT molecular complexity index is 642. The Hall–Kier alpha value is -2.23. The van der Waals surface area contributed by atoms with E-state index in [1.807, 2.05) is 12.1 Å². The van der Waals surface area contributed by atoms with Gasteiger partial charge in [-0.15, -0.1) is 0 Å². The van der Waals surface area contributed by atoms with Crippen molar-refractivity contribution < 1.29 is 0 Å². The Labute approximate surface area is 92.4 Å². The number of hydrogen-bond acceptors (Lipinski definition) is 3. The third-order valence-corrected chi connectivity index (χ3v) is 2.47. The fourth-order valence-electron chi connectivity index (χ4n) is 1.66. The topological polar surface area (TPSA) is 54.5 Å². The number of H-pyrrole nitrogens is 1. The lowest BCUT2D eigenvalue weighted by atomic mass is 10.1.